The summed E-state index contributed by atoms with van der Waals surface area (Å²) in [5.41, 5.74) is 4.55. The third-order valence-electron chi connectivity index (χ3n) is 2.03. The van der Waals surface area contributed by atoms with Gasteiger partial charge < -0.3 is 15.6 Å². The maximum Gasteiger partial charge on any atom is 0.323 e. The second kappa shape index (κ2) is 2.79. The first-order valence-corrected chi connectivity index (χ1v) is 3.68. The number of hydrogen-bond donors (Lipinski definition) is 2. The molecule has 0 aromatic rings. The molecule has 0 aromatic carbocycles. The van der Waals surface area contributed by atoms with Gasteiger partial charge in [-0.2, -0.15) is 0 Å². The summed E-state index contributed by atoms with van der Waals surface area (Å²) < 4.78 is 5.18. The Bertz CT molecular complexity index is 171. The first-order valence-electron chi connectivity index (χ1n) is 3.68. The lowest BCUT2D eigenvalue weighted by Gasteiger charge is -2.32. The van der Waals surface area contributed by atoms with E-state index in [9.17, 15) is 4.79 Å². The van der Waals surface area contributed by atoms with Crippen molar-refractivity contribution in [2.24, 2.45) is 5.73 Å². The summed E-state index contributed by atoms with van der Waals surface area (Å²) in [7, 11) is 0. The maximum absolute atomic E-state index is 10.6. The van der Waals surface area contributed by atoms with Gasteiger partial charge in [-0.15, -0.1) is 0 Å². The summed E-state index contributed by atoms with van der Waals surface area (Å²) in [5, 5.41) is 8.73. The van der Waals surface area contributed by atoms with E-state index in [-0.39, 0.29) is 6.10 Å². The topological polar surface area (TPSA) is 72.6 Å². The number of aliphatic carboxylic acids is 1. The van der Waals surface area contributed by atoms with E-state index in [4.69, 9.17) is 15.6 Å². The van der Waals surface area contributed by atoms with Crippen LogP contribution in [0.2, 0.25) is 0 Å². The molecular weight excluding hydrogens is 146 g/mol. The fourth-order valence-corrected chi connectivity index (χ4v) is 1.31. The van der Waals surface area contributed by atoms with E-state index in [1.165, 1.54) is 0 Å². The second-order valence-corrected chi connectivity index (χ2v) is 3.10. The first kappa shape index (κ1) is 8.49. The zero-order valence-electron chi connectivity index (χ0n) is 6.54. The molecule has 0 aliphatic carbocycles. The molecule has 4 nitrogen and oxygen atoms in total. The monoisotopic (exact) mass is 159 g/mol. The van der Waals surface area contributed by atoms with Gasteiger partial charge in [0.1, 0.15) is 5.54 Å². The highest BCUT2D eigenvalue weighted by atomic mass is 16.5. The molecule has 2 atom stereocenters. The molecule has 4 heteroatoms. The number of carboxylic acids is 1. The van der Waals surface area contributed by atoms with E-state index < -0.39 is 11.5 Å². The van der Waals surface area contributed by atoms with Gasteiger partial charge in [-0.25, -0.2) is 0 Å². The van der Waals surface area contributed by atoms with Gasteiger partial charge in [0.25, 0.3) is 0 Å². The Morgan fingerprint density at radius 2 is 2.45 bits per heavy atom. The summed E-state index contributed by atoms with van der Waals surface area (Å²) in [6, 6.07) is 0. The Balaban J connectivity index is 2.63. The third-order valence-corrected chi connectivity index (χ3v) is 2.03. The van der Waals surface area contributed by atoms with Crippen molar-refractivity contribution in [3.8, 4) is 0 Å². The van der Waals surface area contributed by atoms with Crippen molar-refractivity contribution in [2.75, 3.05) is 6.61 Å². The SMILES string of the molecule is C[C@@H]1C[C@](N)(C(=O)O)CCO1. The van der Waals surface area contributed by atoms with E-state index in [0.29, 0.717) is 19.4 Å². The molecule has 0 amide bonds. The molecule has 0 aromatic heterocycles. The number of rotatable bonds is 1. The molecule has 64 valence electrons. The minimum Gasteiger partial charge on any atom is -0.480 e. The van der Waals surface area contributed by atoms with Crippen molar-refractivity contribution in [1.29, 1.82) is 0 Å². The molecule has 0 spiro atoms. The Labute approximate surface area is 65.3 Å². The fraction of sp³-hybridized carbons (Fsp3) is 0.857. The molecule has 0 radical (unpaired) electrons. The predicted molar refractivity (Wildman–Crippen MR) is 39.2 cm³/mol. The van der Waals surface area contributed by atoms with Crippen molar-refractivity contribution in [2.45, 2.75) is 31.4 Å². The van der Waals surface area contributed by atoms with Gasteiger partial charge in [0.2, 0.25) is 0 Å². The van der Waals surface area contributed by atoms with Crippen molar-refractivity contribution in [3.05, 3.63) is 0 Å². The zero-order chi connectivity index (χ0) is 8.48. The molecule has 1 fully saturated rings. The number of carboxylic acid groups (broad SMARTS) is 1. The van der Waals surface area contributed by atoms with Gasteiger partial charge in [0, 0.05) is 13.0 Å². The molecule has 0 bridgehead atoms. The number of nitrogens with two attached hydrogens (primary N) is 1. The van der Waals surface area contributed by atoms with Crippen LogP contribution in [0.3, 0.4) is 0 Å². The van der Waals surface area contributed by atoms with Gasteiger partial charge in [-0.05, 0) is 13.3 Å². The molecule has 3 N–H and O–H groups in total. The predicted octanol–water partition coefficient (Wildman–Crippen LogP) is -0.0326. The highest BCUT2D eigenvalue weighted by Crippen LogP contribution is 2.22. The lowest BCUT2D eigenvalue weighted by molar-refractivity contribution is -0.149. The molecule has 1 saturated heterocycles. The molecule has 1 aliphatic rings. The van der Waals surface area contributed by atoms with Crippen LogP contribution < -0.4 is 5.73 Å². The Hall–Kier alpha value is -0.610. The zero-order valence-corrected chi connectivity index (χ0v) is 6.54. The number of carbonyl (C=O) groups is 1. The van der Waals surface area contributed by atoms with Crippen LogP contribution in [-0.4, -0.2) is 29.3 Å². The molecule has 0 unspecified atom stereocenters. The van der Waals surface area contributed by atoms with Crippen LogP contribution in [0.25, 0.3) is 0 Å². The average molecular weight is 159 g/mol. The lowest BCUT2D eigenvalue weighted by Crippen LogP contribution is -2.53. The van der Waals surface area contributed by atoms with E-state index >= 15 is 0 Å². The minimum atomic E-state index is -1.06. The minimum absolute atomic E-state index is 0.0372. The van der Waals surface area contributed by atoms with Crippen LogP contribution in [0.4, 0.5) is 0 Å². The highest BCUT2D eigenvalue weighted by molar-refractivity contribution is 5.78. The molecule has 11 heavy (non-hydrogen) atoms. The molecule has 1 aliphatic heterocycles. The molecular formula is C7H13NO3. The Morgan fingerprint density at radius 3 is 2.82 bits per heavy atom. The van der Waals surface area contributed by atoms with E-state index in [0.717, 1.165) is 0 Å². The standard InChI is InChI=1S/C7H13NO3/c1-5-4-7(8,6(9)10)2-3-11-5/h5H,2-4,8H2,1H3,(H,9,10)/t5-,7+/m1/s1. The largest absolute Gasteiger partial charge is 0.480 e. The first-order chi connectivity index (χ1) is 5.04. The molecule has 0 saturated carbocycles. The summed E-state index contributed by atoms with van der Waals surface area (Å²) >= 11 is 0. The van der Waals surface area contributed by atoms with Crippen molar-refractivity contribution < 1.29 is 14.6 Å². The van der Waals surface area contributed by atoms with Crippen molar-refractivity contribution >= 4 is 5.97 Å². The van der Waals surface area contributed by atoms with Crippen LogP contribution in [0, 0.1) is 0 Å². The van der Waals surface area contributed by atoms with E-state index in [1.54, 1.807) is 0 Å². The highest BCUT2D eigenvalue weighted by Gasteiger charge is 2.38. The van der Waals surface area contributed by atoms with Crippen molar-refractivity contribution in [3.63, 3.8) is 0 Å². The Kier molecular flexibility index (Phi) is 2.15. The summed E-state index contributed by atoms with van der Waals surface area (Å²) in [6.07, 6.45) is 0.777. The second-order valence-electron chi connectivity index (χ2n) is 3.10. The van der Waals surface area contributed by atoms with Crippen LogP contribution in [0.5, 0.6) is 0 Å². The van der Waals surface area contributed by atoms with Gasteiger partial charge in [-0.1, -0.05) is 0 Å². The number of ether oxygens (including phenoxy) is 1. The molecule has 1 heterocycles. The average Bonchev–Trinajstić information content (AvgIpc) is 1.86. The lowest BCUT2D eigenvalue weighted by atomic mass is 9.88. The van der Waals surface area contributed by atoms with Crippen LogP contribution in [0.15, 0.2) is 0 Å². The maximum atomic E-state index is 10.6. The number of hydrogen-bond acceptors (Lipinski definition) is 3. The van der Waals surface area contributed by atoms with Gasteiger partial charge in [0.05, 0.1) is 6.10 Å². The van der Waals surface area contributed by atoms with Crippen LogP contribution in [-0.2, 0) is 9.53 Å². The normalized spacial score (nSPS) is 38.5. The summed E-state index contributed by atoms with van der Waals surface area (Å²) in [5.74, 6) is -0.923. The molecule has 1 rings (SSSR count). The van der Waals surface area contributed by atoms with Crippen LogP contribution in [0.1, 0.15) is 19.8 Å². The van der Waals surface area contributed by atoms with Gasteiger partial charge in [-0.3, -0.25) is 4.79 Å². The smallest absolute Gasteiger partial charge is 0.323 e. The van der Waals surface area contributed by atoms with E-state index in [2.05, 4.69) is 0 Å². The fourth-order valence-electron chi connectivity index (χ4n) is 1.31. The quantitative estimate of drug-likeness (QED) is 0.563. The Morgan fingerprint density at radius 1 is 1.82 bits per heavy atom. The summed E-state index contributed by atoms with van der Waals surface area (Å²) in [6.45, 7) is 2.29. The third kappa shape index (κ3) is 1.70. The van der Waals surface area contributed by atoms with Gasteiger partial charge >= 0.3 is 5.97 Å². The van der Waals surface area contributed by atoms with Crippen LogP contribution >= 0.6 is 0 Å². The van der Waals surface area contributed by atoms with Crippen molar-refractivity contribution in [1.82, 2.24) is 0 Å². The van der Waals surface area contributed by atoms with Gasteiger partial charge in [0.15, 0.2) is 0 Å². The summed E-state index contributed by atoms with van der Waals surface area (Å²) in [4.78, 5) is 10.6. The van der Waals surface area contributed by atoms with E-state index in [1.807, 2.05) is 6.92 Å².